The van der Waals surface area contributed by atoms with Crippen LogP contribution in [0.1, 0.15) is 17.3 Å². The number of rotatable bonds is 7. The molecule has 1 aromatic heterocycles. The minimum absolute atomic E-state index is 0.110. The second kappa shape index (κ2) is 9.48. The van der Waals surface area contributed by atoms with E-state index in [2.05, 4.69) is 4.98 Å². The quantitative estimate of drug-likeness (QED) is 0.337. The number of benzene rings is 2. The maximum Gasteiger partial charge on any atom is 0.415 e. The van der Waals surface area contributed by atoms with Gasteiger partial charge >= 0.3 is 11.8 Å². The summed E-state index contributed by atoms with van der Waals surface area (Å²) in [6, 6.07) is 15.2. The van der Waals surface area contributed by atoms with Gasteiger partial charge in [0.15, 0.2) is 5.60 Å². The highest BCUT2D eigenvalue weighted by molar-refractivity contribution is 7.89. The van der Waals surface area contributed by atoms with Crippen molar-refractivity contribution in [1.82, 2.24) is 18.8 Å². The Hall–Kier alpha value is -3.97. The number of ether oxygens (including phenoxy) is 2. The fourth-order valence-electron chi connectivity index (χ4n) is 4.34. The first-order valence-electron chi connectivity index (χ1n) is 11.6. The van der Waals surface area contributed by atoms with Crippen molar-refractivity contribution in [3.63, 3.8) is 0 Å². The predicted molar refractivity (Wildman–Crippen MR) is 131 cm³/mol. The van der Waals surface area contributed by atoms with E-state index < -0.39 is 20.5 Å². The van der Waals surface area contributed by atoms with Gasteiger partial charge in [-0.15, -0.1) is 0 Å². The van der Waals surface area contributed by atoms with Crippen molar-refractivity contribution in [2.75, 3.05) is 32.8 Å². The van der Waals surface area contributed by atoms with E-state index in [-0.39, 0.29) is 42.3 Å². The van der Waals surface area contributed by atoms with Crippen molar-refractivity contribution in [2.45, 2.75) is 24.0 Å². The van der Waals surface area contributed by atoms with Crippen LogP contribution in [0.5, 0.6) is 11.8 Å². The normalized spacial score (nSPS) is 19.8. The Balaban J connectivity index is 1.16. The van der Waals surface area contributed by atoms with E-state index in [0.717, 1.165) is 0 Å². The Kier molecular flexibility index (Phi) is 6.33. The number of piperazine rings is 1. The van der Waals surface area contributed by atoms with Crippen LogP contribution in [0.15, 0.2) is 65.7 Å². The van der Waals surface area contributed by atoms with Crippen LogP contribution in [-0.4, -0.2) is 76.4 Å². The minimum Gasteiger partial charge on any atom is -0.489 e. The summed E-state index contributed by atoms with van der Waals surface area (Å²) in [5, 5.41) is 10.9. The summed E-state index contributed by atoms with van der Waals surface area (Å²) in [5.41, 5.74) is -0.198. The van der Waals surface area contributed by atoms with Crippen molar-refractivity contribution in [2.24, 2.45) is 0 Å². The first-order chi connectivity index (χ1) is 17.6. The number of imidazole rings is 1. The van der Waals surface area contributed by atoms with Gasteiger partial charge in [0.05, 0.1) is 11.4 Å². The van der Waals surface area contributed by atoms with E-state index in [0.29, 0.717) is 30.9 Å². The lowest BCUT2D eigenvalue weighted by atomic mass is 10.1. The van der Waals surface area contributed by atoms with Gasteiger partial charge in [-0.2, -0.15) is 4.31 Å². The largest absolute Gasteiger partial charge is 0.489 e. The zero-order valence-electron chi connectivity index (χ0n) is 20.0. The van der Waals surface area contributed by atoms with Gasteiger partial charge < -0.3 is 24.5 Å². The lowest BCUT2D eigenvalue weighted by Gasteiger charge is -2.34. The Bertz CT molecular complexity index is 1390. The molecule has 1 fully saturated rings. The Labute approximate surface area is 213 Å². The van der Waals surface area contributed by atoms with Crippen LogP contribution in [0.2, 0.25) is 0 Å². The molecule has 0 unspecified atom stereocenters. The van der Waals surface area contributed by atoms with E-state index in [9.17, 15) is 23.3 Å². The summed E-state index contributed by atoms with van der Waals surface area (Å²) in [6.07, 6.45) is 1.32. The van der Waals surface area contributed by atoms with Crippen LogP contribution in [0.25, 0.3) is 0 Å². The van der Waals surface area contributed by atoms with Crippen LogP contribution < -0.4 is 9.47 Å². The summed E-state index contributed by atoms with van der Waals surface area (Å²) in [4.78, 5) is 28.6. The van der Waals surface area contributed by atoms with E-state index in [4.69, 9.17) is 9.47 Å². The van der Waals surface area contributed by atoms with Gasteiger partial charge in [0.25, 0.3) is 5.91 Å². The molecule has 194 valence electrons. The number of carbonyl (C=O) groups excluding carboxylic acids is 1. The lowest BCUT2D eigenvalue weighted by molar-refractivity contribution is -0.389. The third-order valence-electron chi connectivity index (χ3n) is 6.31. The molecule has 0 saturated carbocycles. The molecule has 2 aliphatic rings. The van der Waals surface area contributed by atoms with Crippen LogP contribution in [0.4, 0.5) is 5.82 Å². The van der Waals surface area contributed by atoms with Gasteiger partial charge in [0.2, 0.25) is 10.0 Å². The van der Waals surface area contributed by atoms with Gasteiger partial charge in [0.1, 0.15) is 18.6 Å². The molecule has 13 heteroatoms. The number of hydrogen-bond acceptors (Lipinski definition) is 8. The van der Waals surface area contributed by atoms with Crippen molar-refractivity contribution in [3.05, 3.63) is 76.5 Å². The number of fused-ring (bicyclic) bond motifs is 1. The summed E-state index contributed by atoms with van der Waals surface area (Å²) < 4.78 is 40.8. The van der Waals surface area contributed by atoms with E-state index in [1.165, 1.54) is 22.6 Å². The van der Waals surface area contributed by atoms with Gasteiger partial charge in [-0.05, 0) is 48.2 Å². The maximum atomic E-state index is 13.1. The van der Waals surface area contributed by atoms with Crippen molar-refractivity contribution < 1.29 is 27.6 Å². The summed E-state index contributed by atoms with van der Waals surface area (Å²) >= 11 is 0. The van der Waals surface area contributed by atoms with E-state index in [1.54, 1.807) is 52.8 Å². The number of hydrogen-bond donors (Lipinski definition) is 0. The molecule has 3 heterocycles. The number of nitrogens with zero attached hydrogens (tertiary/aromatic N) is 5. The van der Waals surface area contributed by atoms with Crippen molar-refractivity contribution >= 4 is 21.7 Å². The van der Waals surface area contributed by atoms with Gasteiger partial charge in [-0.1, -0.05) is 18.2 Å². The second-order valence-corrected chi connectivity index (χ2v) is 11.1. The number of aromatic nitrogens is 2. The molecule has 37 heavy (non-hydrogen) atoms. The minimum atomic E-state index is -3.73. The molecule has 1 saturated heterocycles. The molecule has 0 bridgehead atoms. The molecule has 1 amide bonds. The molecule has 0 aliphatic carbocycles. The third-order valence-corrected chi connectivity index (χ3v) is 8.22. The van der Waals surface area contributed by atoms with Crippen LogP contribution in [0.3, 0.4) is 0 Å². The first kappa shape index (κ1) is 24.7. The molecular formula is C24H25N5O7S. The molecule has 5 rings (SSSR count). The summed E-state index contributed by atoms with van der Waals surface area (Å²) in [5.74, 6) is 0.0670. The standard InChI is InChI=1S/C24H25N5O7S/c1-24(16-27-15-21(29(31)32)25-23(27)36-24)17-35-19-7-9-20(10-8-19)37(33,34)28-13-11-26(12-14-28)22(30)18-5-3-2-4-6-18/h2-10,15H,11-14,16-17H2,1H3/t24-/m1/s1. The number of sulfonamides is 1. The lowest BCUT2D eigenvalue weighted by Crippen LogP contribution is -2.50. The van der Waals surface area contributed by atoms with E-state index in [1.807, 2.05) is 6.07 Å². The molecule has 2 aliphatic heterocycles. The van der Waals surface area contributed by atoms with Crippen molar-refractivity contribution in [1.29, 1.82) is 0 Å². The number of nitro groups is 1. The highest BCUT2D eigenvalue weighted by Crippen LogP contribution is 2.31. The molecule has 1 atom stereocenters. The molecule has 0 radical (unpaired) electrons. The molecule has 12 nitrogen and oxygen atoms in total. The molecule has 0 spiro atoms. The Morgan fingerprint density at radius 1 is 1.11 bits per heavy atom. The topological polar surface area (TPSA) is 137 Å². The fraction of sp³-hybridized carbons (Fsp3) is 0.333. The number of amides is 1. The van der Waals surface area contributed by atoms with Crippen LogP contribution in [0, 0.1) is 10.1 Å². The highest BCUT2D eigenvalue weighted by Gasteiger charge is 2.41. The van der Waals surface area contributed by atoms with Crippen LogP contribution >= 0.6 is 0 Å². The Morgan fingerprint density at radius 3 is 2.41 bits per heavy atom. The summed E-state index contributed by atoms with van der Waals surface area (Å²) in [6.45, 7) is 3.31. The van der Waals surface area contributed by atoms with E-state index >= 15 is 0 Å². The zero-order chi connectivity index (χ0) is 26.2. The fourth-order valence-corrected chi connectivity index (χ4v) is 5.77. The zero-order valence-corrected chi connectivity index (χ0v) is 20.8. The third kappa shape index (κ3) is 5.00. The molecule has 3 aromatic rings. The highest BCUT2D eigenvalue weighted by atomic mass is 32.2. The second-order valence-electron chi connectivity index (χ2n) is 9.14. The monoisotopic (exact) mass is 527 g/mol. The van der Waals surface area contributed by atoms with Crippen LogP contribution in [-0.2, 0) is 16.6 Å². The SMILES string of the molecule is C[C@]1(COc2ccc(S(=O)(=O)N3CCN(C(=O)c4ccccc4)CC3)cc2)Cn2cc([N+](=O)[O-])nc2O1. The average molecular weight is 528 g/mol. The van der Waals surface area contributed by atoms with Gasteiger partial charge in [-0.25, -0.2) is 8.42 Å². The summed E-state index contributed by atoms with van der Waals surface area (Å²) in [7, 11) is -3.73. The smallest absolute Gasteiger partial charge is 0.415 e. The van der Waals surface area contributed by atoms with Gasteiger partial charge in [-0.3, -0.25) is 9.36 Å². The first-order valence-corrected chi connectivity index (χ1v) is 13.1. The predicted octanol–water partition coefficient (Wildman–Crippen LogP) is 2.17. The molecule has 0 N–H and O–H groups in total. The maximum absolute atomic E-state index is 13.1. The Morgan fingerprint density at radius 2 is 1.78 bits per heavy atom. The number of carbonyl (C=O) groups is 1. The van der Waals surface area contributed by atoms with Crippen molar-refractivity contribution in [3.8, 4) is 11.8 Å². The van der Waals surface area contributed by atoms with Gasteiger partial charge in [0, 0.05) is 36.7 Å². The molecule has 2 aromatic carbocycles. The molecular weight excluding hydrogens is 502 g/mol. The average Bonchev–Trinajstić information content (AvgIpc) is 3.43.